The predicted octanol–water partition coefficient (Wildman–Crippen LogP) is 4.87. The first-order valence-corrected chi connectivity index (χ1v) is 12.1. The minimum absolute atomic E-state index is 0.151. The fourth-order valence-corrected chi connectivity index (χ4v) is 5.58. The van der Waals surface area contributed by atoms with E-state index in [4.69, 9.17) is 14.2 Å². The van der Waals surface area contributed by atoms with Crippen LogP contribution in [0.3, 0.4) is 0 Å². The zero-order chi connectivity index (χ0) is 25.4. The first-order valence-electron chi connectivity index (χ1n) is 11.3. The average Bonchev–Trinajstić information content (AvgIpc) is 3.31. The summed E-state index contributed by atoms with van der Waals surface area (Å²) in [5, 5.41) is 3.48. The van der Waals surface area contributed by atoms with Gasteiger partial charge in [-0.25, -0.2) is 4.98 Å². The van der Waals surface area contributed by atoms with Gasteiger partial charge in [0.25, 0.3) is 5.91 Å². The van der Waals surface area contributed by atoms with Crippen LogP contribution in [0.2, 0.25) is 0 Å². The molecule has 0 saturated carbocycles. The van der Waals surface area contributed by atoms with Gasteiger partial charge >= 0.3 is 0 Å². The Bertz CT molecular complexity index is 1470. The van der Waals surface area contributed by atoms with Gasteiger partial charge in [0.1, 0.15) is 5.75 Å². The molecule has 0 unspecified atom stereocenters. The number of thiazole rings is 1. The van der Waals surface area contributed by atoms with Crippen LogP contribution in [0.1, 0.15) is 33.4 Å². The lowest BCUT2D eigenvalue weighted by molar-refractivity contribution is -0.119. The number of amides is 2. The molecule has 1 aliphatic heterocycles. The molecule has 2 amide bonds. The monoisotopic (exact) mass is 503 g/mol. The number of rotatable bonds is 6. The van der Waals surface area contributed by atoms with Crippen molar-refractivity contribution in [1.82, 2.24) is 9.88 Å². The Morgan fingerprint density at radius 3 is 2.50 bits per heavy atom. The number of likely N-dealkylation sites (N-methyl/N-ethyl adjacent to an activating group) is 1. The number of anilines is 1. The molecule has 8 nitrogen and oxygen atoms in total. The first kappa shape index (κ1) is 23.6. The normalized spacial score (nSPS) is 17.0. The summed E-state index contributed by atoms with van der Waals surface area (Å²) < 4.78 is 17.1. The van der Waals surface area contributed by atoms with Crippen LogP contribution >= 0.6 is 11.3 Å². The fraction of sp³-hybridized carbons (Fsp3) is 0.222. The van der Waals surface area contributed by atoms with E-state index in [1.807, 2.05) is 42.5 Å². The second-order valence-electron chi connectivity index (χ2n) is 8.38. The number of fused-ring (bicyclic) bond motifs is 2. The minimum Gasteiger partial charge on any atom is -0.497 e. The quantitative estimate of drug-likeness (QED) is 0.404. The van der Waals surface area contributed by atoms with Gasteiger partial charge in [0, 0.05) is 12.6 Å². The van der Waals surface area contributed by atoms with Gasteiger partial charge in [-0.15, -0.1) is 0 Å². The smallest absolute Gasteiger partial charge is 0.254 e. The number of ether oxygens (including phenoxy) is 3. The van der Waals surface area contributed by atoms with Crippen molar-refractivity contribution in [3.63, 3.8) is 0 Å². The number of carbonyl (C=O) groups excluding carboxylic acids is 2. The number of methoxy groups -OCH3 is 3. The highest BCUT2D eigenvalue weighted by atomic mass is 32.1. The molecule has 1 aromatic heterocycles. The van der Waals surface area contributed by atoms with E-state index in [-0.39, 0.29) is 11.8 Å². The Labute approximate surface area is 212 Å². The van der Waals surface area contributed by atoms with Crippen molar-refractivity contribution in [2.24, 2.45) is 0 Å². The molecular weight excluding hydrogens is 478 g/mol. The van der Waals surface area contributed by atoms with Gasteiger partial charge in [-0.2, -0.15) is 0 Å². The molecule has 2 heterocycles. The van der Waals surface area contributed by atoms with E-state index in [1.165, 1.54) is 11.3 Å². The molecular formula is C27H25N3O5S. The summed E-state index contributed by atoms with van der Waals surface area (Å²) in [6.07, 6.45) is 0. The van der Waals surface area contributed by atoms with Crippen LogP contribution in [0, 0.1) is 0 Å². The van der Waals surface area contributed by atoms with Gasteiger partial charge in [-0.05, 0) is 47.5 Å². The van der Waals surface area contributed by atoms with Crippen molar-refractivity contribution in [3.8, 4) is 17.2 Å². The Hall–Kier alpha value is -4.11. The lowest BCUT2D eigenvalue weighted by Gasteiger charge is -2.39. The Kier molecular flexibility index (Phi) is 6.24. The molecule has 0 aliphatic carbocycles. The van der Waals surface area contributed by atoms with Crippen LogP contribution < -0.4 is 19.5 Å². The van der Waals surface area contributed by atoms with Crippen molar-refractivity contribution >= 4 is 38.5 Å². The third-order valence-electron chi connectivity index (χ3n) is 6.44. The third-order valence-corrected chi connectivity index (χ3v) is 7.37. The number of hydrogen-bond acceptors (Lipinski definition) is 7. The second-order valence-corrected chi connectivity index (χ2v) is 9.41. The SMILES string of the molecule is COc1ccc2nc(NC(=O)[C@@H]3c4ccccc4C(=O)N(C)[C@H]3c3ccc(OC)c(OC)c3)sc2c1. The summed E-state index contributed by atoms with van der Waals surface area (Å²) in [5.41, 5.74) is 2.70. The van der Waals surface area contributed by atoms with E-state index >= 15 is 0 Å². The molecule has 0 radical (unpaired) electrons. The summed E-state index contributed by atoms with van der Waals surface area (Å²) in [5.74, 6) is 0.725. The largest absolute Gasteiger partial charge is 0.497 e. The van der Waals surface area contributed by atoms with E-state index in [0.717, 1.165) is 21.5 Å². The van der Waals surface area contributed by atoms with E-state index in [1.54, 1.807) is 51.5 Å². The molecule has 184 valence electrons. The molecule has 0 fully saturated rings. The summed E-state index contributed by atoms with van der Waals surface area (Å²) in [7, 11) is 6.44. The molecule has 0 bridgehead atoms. The molecule has 2 atom stereocenters. The lowest BCUT2D eigenvalue weighted by Crippen LogP contribution is -2.44. The number of nitrogens with zero attached hydrogens (tertiary/aromatic N) is 2. The molecule has 1 N–H and O–H groups in total. The summed E-state index contributed by atoms with van der Waals surface area (Å²) >= 11 is 1.37. The Balaban J connectivity index is 1.58. The van der Waals surface area contributed by atoms with Crippen molar-refractivity contribution in [1.29, 1.82) is 0 Å². The molecule has 1 aliphatic rings. The van der Waals surface area contributed by atoms with Crippen LogP contribution in [0.25, 0.3) is 10.2 Å². The van der Waals surface area contributed by atoms with Gasteiger partial charge < -0.3 is 24.4 Å². The Morgan fingerprint density at radius 2 is 1.75 bits per heavy atom. The highest BCUT2D eigenvalue weighted by Crippen LogP contribution is 2.44. The van der Waals surface area contributed by atoms with Gasteiger partial charge in [0.2, 0.25) is 5.91 Å². The standard InChI is InChI=1S/C27H25N3O5S/c1-30-24(15-9-12-20(34-3)21(13-15)35-4)23(17-7-5-6-8-18(17)26(30)32)25(31)29-27-28-19-11-10-16(33-2)14-22(19)36-27/h5-14,23-24H,1-4H3,(H,28,29,31)/t23-,24+/m1/s1. The number of nitrogens with one attached hydrogen (secondary N) is 1. The lowest BCUT2D eigenvalue weighted by atomic mass is 9.79. The average molecular weight is 504 g/mol. The molecule has 0 spiro atoms. The van der Waals surface area contributed by atoms with Crippen molar-refractivity contribution < 1.29 is 23.8 Å². The highest BCUT2D eigenvalue weighted by Gasteiger charge is 2.43. The topological polar surface area (TPSA) is 90.0 Å². The highest BCUT2D eigenvalue weighted by molar-refractivity contribution is 7.22. The number of benzene rings is 3. The third kappa shape index (κ3) is 4.01. The van der Waals surface area contributed by atoms with Gasteiger partial charge in [-0.1, -0.05) is 35.6 Å². The molecule has 4 aromatic rings. The van der Waals surface area contributed by atoms with E-state index in [9.17, 15) is 9.59 Å². The molecule has 9 heteroatoms. The maximum atomic E-state index is 13.9. The maximum Gasteiger partial charge on any atom is 0.254 e. The van der Waals surface area contributed by atoms with E-state index in [2.05, 4.69) is 10.3 Å². The zero-order valence-electron chi connectivity index (χ0n) is 20.3. The van der Waals surface area contributed by atoms with Gasteiger partial charge in [0.05, 0.1) is 43.5 Å². The van der Waals surface area contributed by atoms with Crippen molar-refractivity contribution in [2.45, 2.75) is 12.0 Å². The van der Waals surface area contributed by atoms with Gasteiger partial charge in [0.15, 0.2) is 16.6 Å². The summed E-state index contributed by atoms with van der Waals surface area (Å²) in [6.45, 7) is 0. The predicted molar refractivity (Wildman–Crippen MR) is 138 cm³/mol. The first-order chi connectivity index (χ1) is 17.4. The van der Waals surface area contributed by atoms with Crippen LogP contribution in [-0.4, -0.2) is 50.1 Å². The van der Waals surface area contributed by atoms with Crippen molar-refractivity contribution in [2.75, 3.05) is 33.7 Å². The summed E-state index contributed by atoms with van der Waals surface area (Å²) in [4.78, 5) is 33.4. The van der Waals surface area contributed by atoms with Crippen molar-refractivity contribution in [3.05, 3.63) is 77.4 Å². The maximum absolute atomic E-state index is 13.9. The Morgan fingerprint density at radius 1 is 0.972 bits per heavy atom. The number of hydrogen-bond donors (Lipinski definition) is 1. The fourth-order valence-electron chi connectivity index (χ4n) is 4.68. The second kappa shape index (κ2) is 9.50. The van der Waals surface area contributed by atoms with Crippen LogP contribution in [0.4, 0.5) is 5.13 Å². The van der Waals surface area contributed by atoms with Crippen LogP contribution in [0.15, 0.2) is 60.7 Å². The van der Waals surface area contributed by atoms with Crippen LogP contribution in [0.5, 0.6) is 17.2 Å². The number of aromatic nitrogens is 1. The number of carbonyl (C=O) groups is 2. The summed E-state index contributed by atoms with van der Waals surface area (Å²) in [6, 6.07) is 17.7. The zero-order valence-corrected chi connectivity index (χ0v) is 21.1. The molecule has 5 rings (SSSR count). The van der Waals surface area contributed by atoms with Gasteiger partial charge in [-0.3, -0.25) is 9.59 Å². The van der Waals surface area contributed by atoms with E-state index in [0.29, 0.717) is 27.8 Å². The molecule has 3 aromatic carbocycles. The van der Waals surface area contributed by atoms with E-state index < -0.39 is 12.0 Å². The van der Waals surface area contributed by atoms with Crippen LogP contribution in [-0.2, 0) is 4.79 Å². The molecule has 36 heavy (non-hydrogen) atoms. The minimum atomic E-state index is -0.677. The molecule has 0 saturated heterocycles.